The zero-order chi connectivity index (χ0) is 20.9. The van der Waals surface area contributed by atoms with Crippen LogP contribution in [0, 0.1) is 0 Å². The first-order valence-corrected chi connectivity index (χ1v) is 10.6. The molecule has 1 unspecified atom stereocenters. The van der Waals surface area contributed by atoms with Crippen LogP contribution in [0.15, 0.2) is 83.8 Å². The van der Waals surface area contributed by atoms with Crippen LogP contribution in [0.5, 0.6) is 0 Å². The molecule has 0 aromatic heterocycles. The van der Waals surface area contributed by atoms with E-state index in [9.17, 15) is 18.3 Å². The lowest BCUT2D eigenvalue weighted by Crippen LogP contribution is -2.30. The zero-order valence-corrected chi connectivity index (χ0v) is 16.7. The van der Waals surface area contributed by atoms with Crippen molar-refractivity contribution in [2.75, 3.05) is 11.9 Å². The monoisotopic (exact) mass is 410 g/mol. The van der Waals surface area contributed by atoms with Gasteiger partial charge in [-0.2, -0.15) is 0 Å². The standard InChI is InChI=1S/C22H22N2O4S/c1-16(25)15-23-29(27,28)21-13-9-19(10-14-21)22(26)24-20-11-7-18(8-12-20)17-5-3-2-4-6-17/h2-14,16,23,25H,15H2,1H3,(H,24,26). The molecule has 3 N–H and O–H groups in total. The average Bonchev–Trinajstić information content (AvgIpc) is 2.73. The van der Waals surface area contributed by atoms with Crippen molar-refractivity contribution in [2.45, 2.75) is 17.9 Å². The number of hydrogen-bond acceptors (Lipinski definition) is 4. The first kappa shape index (κ1) is 20.7. The van der Waals surface area contributed by atoms with Crippen molar-refractivity contribution in [2.24, 2.45) is 0 Å². The Kier molecular flexibility index (Phi) is 6.43. The number of nitrogens with one attached hydrogen (secondary N) is 2. The van der Waals surface area contributed by atoms with E-state index in [0.29, 0.717) is 11.3 Å². The normalized spacial score (nSPS) is 12.3. The van der Waals surface area contributed by atoms with Gasteiger partial charge in [-0.15, -0.1) is 0 Å². The number of hydrogen-bond donors (Lipinski definition) is 3. The number of carbonyl (C=O) groups is 1. The first-order chi connectivity index (χ1) is 13.8. The largest absolute Gasteiger partial charge is 0.392 e. The van der Waals surface area contributed by atoms with Gasteiger partial charge < -0.3 is 10.4 Å². The third kappa shape index (κ3) is 5.51. The minimum absolute atomic E-state index is 0.0296. The van der Waals surface area contributed by atoms with E-state index < -0.39 is 16.1 Å². The lowest BCUT2D eigenvalue weighted by molar-refractivity contribution is 0.102. The summed E-state index contributed by atoms with van der Waals surface area (Å²) in [4.78, 5) is 12.5. The van der Waals surface area contributed by atoms with Crippen molar-refractivity contribution in [3.8, 4) is 11.1 Å². The smallest absolute Gasteiger partial charge is 0.255 e. The van der Waals surface area contributed by atoms with Crippen molar-refractivity contribution < 1.29 is 18.3 Å². The summed E-state index contributed by atoms with van der Waals surface area (Å²) in [5.74, 6) is -0.335. The third-order valence-electron chi connectivity index (χ3n) is 4.25. The fourth-order valence-corrected chi connectivity index (χ4v) is 3.80. The Morgan fingerprint density at radius 3 is 2.07 bits per heavy atom. The van der Waals surface area contributed by atoms with E-state index in [-0.39, 0.29) is 17.3 Å². The highest BCUT2D eigenvalue weighted by molar-refractivity contribution is 7.89. The van der Waals surface area contributed by atoms with Crippen molar-refractivity contribution in [1.29, 1.82) is 0 Å². The summed E-state index contributed by atoms with van der Waals surface area (Å²) in [5, 5.41) is 12.0. The molecule has 3 rings (SSSR count). The van der Waals surface area contributed by atoms with Crippen LogP contribution in [-0.2, 0) is 10.0 Å². The van der Waals surface area contributed by atoms with Gasteiger partial charge in [-0.25, -0.2) is 13.1 Å². The molecule has 0 radical (unpaired) electrons. The molecule has 0 spiro atoms. The van der Waals surface area contributed by atoms with Crippen molar-refractivity contribution >= 4 is 21.6 Å². The van der Waals surface area contributed by atoms with Gasteiger partial charge in [-0.3, -0.25) is 4.79 Å². The molecule has 150 valence electrons. The Bertz CT molecular complexity index is 1060. The quantitative estimate of drug-likeness (QED) is 0.557. The summed E-state index contributed by atoms with van der Waals surface area (Å²) in [6.45, 7) is 1.41. The number of aliphatic hydroxyl groups is 1. The van der Waals surface area contributed by atoms with Gasteiger partial charge in [-0.1, -0.05) is 42.5 Å². The van der Waals surface area contributed by atoms with Crippen LogP contribution in [0.1, 0.15) is 17.3 Å². The lowest BCUT2D eigenvalue weighted by Gasteiger charge is -2.10. The topological polar surface area (TPSA) is 95.5 Å². The molecule has 1 atom stereocenters. The van der Waals surface area contributed by atoms with Crippen LogP contribution in [0.3, 0.4) is 0 Å². The Morgan fingerprint density at radius 1 is 0.897 bits per heavy atom. The molecule has 0 saturated heterocycles. The fraction of sp³-hybridized carbons (Fsp3) is 0.136. The molecule has 0 aliphatic carbocycles. The number of anilines is 1. The van der Waals surface area contributed by atoms with E-state index in [1.807, 2.05) is 54.6 Å². The van der Waals surface area contributed by atoms with Gasteiger partial charge in [0.1, 0.15) is 0 Å². The highest BCUT2D eigenvalue weighted by Crippen LogP contribution is 2.21. The predicted octanol–water partition coefficient (Wildman–Crippen LogP) is 3.27. The molecular formula is C22H22N2O4S. The number of sulfonamides is 1. The third-order valence-corrected chi connectivity index (χ3v) is 5.68. The Labute approximate surface area is 170 Å². The highest BCUT2D eigenvalue weighted by Gasteiger charge is 2.15. The molecule has 29 heavy (non-hydrogen) atoms. The van der Waals surface area contributed by atoms with Gasteiger partial charge in [0, 0.05) is 17.8 Å². The minimum atomic E-state index is -3.73. The molecule has 0 bridgehead atoms. The summed E-state index contributed by atoms with van der Waals surface area (Å²) in [7, 11) is -3.73. The van der Waals surface area contributed by atoms with Crippen LogP contribution in [0.25, 0.3) is 11.1 Å². The maximum absolute atomic E-state index is 12.4. The van der Waals surface area contributed by atoms with Crippen molar-refractivity contribution in [3.05, 3.63) is 84.4 Å². The highest BCUT2D eigenvalue weighted by atomic mass is 32.2. The Morgan fingerprint density at radius 2 is 1.48 bits per heavy atom. The summed E-state index contributed by atoms with van der Waals surface area (Å²) in [5.41, 5.74) is 3.12. The second kappa shape index (κ2) is 9.00. The fourth-order valence-electron chi connectivity index (χ4n) is 2.68. The van der Waals surface area contributed by atoms with E-state index in [2.05, 4.69) is 10.0 Å². The van der Waals surface area contributed by atoms with Crippen LogP contribution in [0.4, 0.5) is 5.69 Å². The molecule has 0 heterocycles. The summed E-state index contributed by atoms with van der Waals surface area (Å²) in [6, 6.07) is 23.0. The van der Waals surface area contributed by atoms with Gasteiger partial charge in [0.2, 0.25) is 10.0 Å². The maximum atomic E-state index is 12.4. The summed E-state index contributed by atoms with van der Waals surface area (Å²) >= 11 is 0. The zero-order valence-electron chi connectivity index (χ0n) is 15.9. The molecule has 0 aliphatic rings. The van der Waals surface area contributed by atoms with Crippen LogP contribution in [0.2, 0.25) is 0 Å². The molecule has 0 saturated carbocycles. The predicted molar refractivity (Wildman–Crippen MR) is 113 cm³/mol. The molecule has 3 aromatic rings. The average molecular weight is 410 g/mol. The van der Waals surface area contributed by atoms with Crippen molar-refractivity contribution in [3.63, 3.8) is 0 Å². The van der Waals surface area contributed by atoms with E-state index >= 15 is 0 Å². The van der Waals surface area contributed by atoms with Crippen LogP contribution >= 0.6 is 0 Å². The van der Waals surface area contributed by atoms with Gasteiger partial charge in [-0.05, 0) is 54.4 Å². The molecule has 7 heteroatoms. The number of rotatable bonds is 7. The number of aliphatic hydroxyl groups excluding tert-OH is 1. The van der Waals surface area contributed by atoms with Gasteiger partial charge >= 0.3 is 0 Å². The van der Waals surface area contributed by atoms with E-state index in [4.69, 9.17) is 0 Å². The summed E-state index contributed by atoms with van der Waals surface area (Å²) < 4.78 is 26.6. The van der Waals surface area contributed by atoms with Gasteiger partial charge in [0.05, 0.1) is 11.0 Å². The molecular weight excluding hydrogens is 388 g/mol. The SMILES string of the molecule is CC(O)CNS(=O)(=O)c1ccc(C(=O)Nc2ccc(-c3ccccc3)cc2)cc1. The molecule has 0 fully saturated rings. The van der Waals surface area contributed by atoms with E-state index in [1.165, 1.54) is 31.2 Å². The second-order valence-electron chi connectivity index (χ2n) is 6.62. The molecule has 3 aromatic carbocycles. The van der Waals surface area contributed by atoms with Crippen LogP contribution in [-0.4, -0.2) is 32.1 Å². The number of amides is 1. The summed E-state index contributed by atoms with van der Waals surface area (Å²) in [6.07, 6.45) is -0.789. The molecule has 1 amide bonds. The Hall–Kier alpha value is -3.00. The molecule has 0 aliphatic heterocycles. The van der Waals surface area contributed by atoms with Crippen LogP contribution < -0.4 is 10.0 Å². The number of carbonyl (C=O) groups excluding carboxylic acids is 1. The van der Waals surface area contributed by atoms with Gasteiger partial charge in [0.15, 0.2) is 0 Å². The van der Waals surface area contributed by atoms with E-state index in [0.717, 1.165) is 11.1 Å². The second-order valence-corrected chi connectivity index (χ2v) is 8.39. The molecule has 6 nitrogen and oxygen atoms in total. The van der Waals surface area contributed by atoms with Gasteiger partial charge in [0.25, 0.3) is 5.91 Å². The first-order valence-electron chi connectivity index (χ1n) is 9.10. The van der Waals surface area contributed by atoms with E-state index in [1.54, 1.807) is 0 Å². The number of benzene rings is 3. The maximum Gasteiger partial charge on any atom is 0.255 e. The van der Waals surface area contributed by atoms with Crippen molar-refractivity contribution in [1.82, 2.24) is 4.72 Å². The lowest BCUT2D eigenvalue weighted by atomic mass is 10.1. The minimum Gasteiger partial charge on any atom is -0.392 e. The Balaban J connectivity index is 1.66.